The lowest BCUT2D eigenvalue weighted by molar-refractivity contribution is 0.232. The summed E-state index contributed by atoms with van der Waals surface area (Å²) in [6, 6.07) is 2.63. The van der Waals surface area contributed by atoms with Gasteiger partial charge < -0.3 is 0 Å². The van der Waals surface area contributed by atoms with Gasteiger partial charge in [-0.25, -0.2) is 0 Å². The lowest BCUT2D eigenvalue weighted by atomic mass is 9.78. The molecule has 1 aromatic heterocycles. The molecule has 2 nitrogen and oxygen atoms in total. The lowest BCUT2D eigenvalue weighted by Gasteiger charge is -2.32. The summed E-state index contributed by atoms with van der Waals surface area (Å²) >= 11 is 1.82. The Morgan fingerprint density at radius 1 is 1.38 bits per heavy atom. The van der Waals surface area contributed by atoms with E-state index < -0.39 is 0 Å². The Balaban J connectivity index is 2.05. The van der Waals surface area contributed by atoms with Crippen LogP contribution in [0.4, 0.5) is 0 Å². The Kier molecular flexibility index (Phi) is 4.00. The third kappa shape index (κ3) is 2.65. The van der Waals surface area contributed by atoms with Gasteiger partial charge in [-0.15, -0.1) is 11.3 Å². The normalized spacial score (nSPS) is 27.9. The second kappa shape index (κ2) is 5.30. The number of nitrogens with two attached hydrogens (primary N) is 1. The molecule has 0 radical (unpaired) electrons. The van der Waals surface area contributed by atoms with Crippen LogP contribution < -0.4 is 11.3 Å². The third-order valence-corrected chi connectivity index (χ3v) is 4.70. The van der Waals surface area contributed by atoms with Crippen molar-refractivity contribution in [1.29, 1.82) is 0 Å². The highest BCUT2D eigenvalue weighted by molar-refractivity contribution is 7.10. The summed E-state index contributed by atoms with van der Waals surface area (Å²) in [5.74, 6) is 7.35. The second-order valence-corrected chi connectivity index (χ2v) is 6.27. The highest BCUT2D eigenvalue weighted by atomic mass is 32.1. The fourth-order valence-electron chi connectivity index (χ4n) is 2.75. The van der Waals surface area contributed by atoms with E-state index in [2.05, 4.69) is 30.7 Å². The molecule has 1 aromatic rings. The molecule has 90 valence electrons. The van der Waals surface area contributed by atoms with Crippen molar-refractivity contribution in [3.63, 3.8) is 0 Å². The molecule has 1 fully saturated rings. The maximum Gasteiger partial charge on any atom is 0.0496 e. The van der Waals surface area contributed by atoms with E-state index >= 15 is 0 Å². The molecule has 1 unspecified atom stereocenters. The van der Waals surface area contributed by atoms with Gasteiger partial charge in [-0.05, 0) is 48.6 Å². The Hall–Kier alpha value is -0.380. The van der Waals surface area contributed by atoms with Gasteiger partial charge >= 0.3 is 0 Å². The molecule has 0 saturated heterocycles. The van der Waals surface area contributed by atoms with Crippen LogP contribution >= 0.6 is 11.3 Å². The molecule has 3 heteroatoms. The molecule has 0 aromatic carbocycles. The van der Waals surface area contributed by atoms with Crippen LogP contribution in [0.3, 0.4) is 0 Å². The number of hydrogen-bond acceptors (Lipinski definition) is 3. The summed E-state index contributed by atoms with van der Waals surface area (Å²) in [5, 5.41) is 2.25. The maximum absolute atomic E-state index is 5.73. The van der Waals surface area contributed by atoms with Crippen molar-refractivity contribution < 1.29 is 0 Å². The average Bonchev–Trinajstić information content (AvgIpc) is 2.69. The van der Waals surface area contributed by atoms with Crippen molar-refractivity contribution in [1.82, 2.24) is 5.43 Å². The van der Waals surface area contributed by atoms with E-state index in [0.717, 1.165) is 11.8 Å². The summed E-state index contributed by atoms with van der Waals surface area (Å²) in [7, 11) is 0. The molecule has 1 saturated carbocycles. The average molecular weight is 238 g/mol. The van der Waals surface area contributed by atoms with Gasteiger partial charge in [0.05, 0.1) is 0 Å². The predicted octanol–water partition coefficient (Wildman–Crippen LogP) is 3.39. The van der Waals surface area contributed by atoms with E-state index in [0.29, 0.717) is 6.04 Å². The van der Waals surface area contributed by atoms with Crippen LogP contribution in [0.15, 0.2) is 11.4 Å². The van der Waals surface area contributed by atoms with E-state index in [4.69, 9.17) is 5.84 Å². The van der Waals surface area contributed by atoms with Gasteiger partial charge in [-0.2, -0.15) is 0 Å². The van der Waals surface area contributed by atoms with Gasteiger partial charge in [-0.3, -0.25) is 11.3 Å². The Morgan fingerprint density at radius 2 is 2.06 bits per heavy atom. The Morgan fingerprint density at radius 3 is 2.56 bits per heavy atom. The van der Waals surface area contributed by atoms with E-state index in [-0.39, 0.29) is 0 Å². The number of aryl methyl sites for hydroxylation is 1. The standard InChI is InChI=1S/C13H22N2S/c1-9-3-5-11(6-4-9)13(15-14)12-7-10(2)16-8-12/h7-9,11,13,15H,3-6,14H2,1-2H3. The van der Waals surface area contributed by atoms with Gasteiger partial charge in [0, 0.05) is 10.9 Å². The molecule has 0 bridgehead atoms. The van der Waals surface area contributed by atoms with Crippen molar-refractivity contribution in [2.45, 2.75) is 45.6 Å². The van der Waals surface area contributed by atoms with Crippen LogP contribution in [0.25, 0.3) is 0 Å². The van der Waals surface area contributed by atoms with Gasteiger partial charge in [-0.1, -0.05) is 19.8 Å². The first-order valence-electron chi connectivity index (χ1n) is 6.22. The summed E-state index contributed by atoms with van der Waals surface area (Å²) in [4.78, 5) is 1.37. The molecule has 0 amide bonds. The summed E-state index contributed by atoms with van der Waals surface area (Å²) in [6.07, 6.45) is 5.33. The molecule has 0 spiro atoms. The third-order valence-electron chi connectivity index (χ3n) is 3.82. The molecular weight excluding hydrogens is 216 g/mol. The van der Waals surface area contributed by atoms with Gasteiger partial charge in [0.1, 0.15) is 0 Å². The maximum atomic E-state index is 5.73. The summed E-state index contributed by atoms with van der Waals surface area (Å²) < 4.78 is 0. The SMILES string of the molecule is Cc1cc(C(NN)C2CCC(C)CC2)cs1. The Bertz CT molecular complexity index is 326. The van der Waals surface area contributed by atoms with E-state index in [9.17, 15) is 0 Å². The minimum atomic E-state index is 0.359. The van der Waals surface area contributed by atoms with Crippen molar-refractivity contribution in [3.8, 4) is 0 Å². The molecule has 0 aliphatic heterocycles. The first kappa shape index (κ1) is 12.1. The van der Waals surface area contributed by atoms with E-state index in [1.807, 2.05) is 11.3 Å². The highest BCUT2D eigenvalue weighted by Gasteiger charge is 2.26. The van der Waals surface area contributed by atoms with Crippen LogP contribution in [0.1, 0.15) is 49.1 Å². The predicted molar refractivity (Wildman–Crippen MR) is 70.2 cm³/mol. The highest BCUT2D eigenvalue weighted by Crippen LogP contribution is 2.37. The smallest absolute Gasteiger partial charge is 0.0496 e. The van der Waals surface area contributed by atoms with Gasteiger partial charge in [0.25, 0.3) is 0 Å². The van der Waals surface area contributed by atoms with Crippen LogP contribution in [0.5, 0.6) is 0 Å². The summed E-state index contributed by atoms with van der Waals surface area (Å²) in [5.41, 5.74) is 4.40. The van der Waals surface area contributed by atoms with Crippen LogP contribution in [0.2, 0.25) is 0 Å². The largest absolute Gasteiger partial charge is 0.271 e. The molecule has 1 atom stereocenters. The quantitative estimate of drug-likeness (QED) is 0.626. The molecular formula is C13H22N2S. The topological polar surface area (TPSA) is 38.0 Å². The van der Waals surface area contributed by atoms with Crippen molar-refractivity contribution in [2.24, 2.45) is 17.7 Å². The first-order valence-corrected chi connectivity index (χ1v) is 7.10. The van der Waals surface area contributed by atoms with Crippen LogP contribution in [-0.2, 0) is 0 Å². The minimum absolute atomic E-state index is 0.359. The monoisotopic (exact) mass is 238 g/mol. The van der Waals surface area contributed by atoms with Crippen LogP contribution in [0, 0.1) is 18.8 Å². The number of nitrogens with one attached hydrogen (secondary N) is 1. The zero-order valence-electron chi connectivity index (χ0n) is 10.2. The lowest BCUT2D eigenvalue weighted by Crippen LogP contribution is -2.35. The number of hydrogen-bond donors (Lipinski definition) is 2. The van der Waals surface area contributed by atoms with Crippen molar-refractivity contribution >= 4 is 11.3 Å². The van der Waals surface area contributed by atoms with E-state index in [1.165, 1.54) is 36.1 Å². The van der Waals surface area contributed by atoms with E-state index in [1.54, 1.807) is 0 Å². The fourth-order valence-corrected chi connectivity index (χ4v) is 3.49. The first-order chi connectivity index (χ1) is 7.70. The fraction of sp³-hybridized carbons (Fsp3) is 0.692. The molecule has 1 aliphatic rings. The molecule has 1 heterocycles. The second-order valence-electron chi connectivity index (χ2n) is 5.15. The van der Waals surface area contributed by atoms with Gasteiger partial charge in [0.15, 0.2) is 0 Å². The number of thiophene rings is 1. The van der Waals surface area contributed by atoms with Crippen LogP contribution in [-0.4, -0.2) is 0 Å². The zero-order valence-corrected chi connectivity index (χ0v) is 11.0. The van der Waals surface area contributed by atoms with Crippen molar-refractivity contribution in [3.05, 3.63) is 21.9 Å². The molecule has 2 rings (SSSR count). The Labute approximate surface area is 102 Å². The number of hydrazine groups is 1. The molecule has 3 N–H and O–H groups in total. The molecule has 1 aliphatic carbocycles. The molecule has 16 heavy (non-hydrogen) atoms. The van der Waals surface area contributed by atoms with Gasteiger partial charge in [0.2, 0.25) is 0 Å². The number of rotatable bonds is 3. The summed E-state index contributed by atoms with van der Waals surface area (Å²) in [6.45, 7) is 4.51. The zero-order chi connectivity index (χ0) is 11.5. The van der Waals surface area contributed by atoms with Crippen molar-refractivity contribution in [2.75, 3.05) is 0 Å². The minimum Gasteiger partial charge on any atom is -0.271 e.